The Hall–Kier alpha value is -3.22. The van der Waals surface area contributed by atoms with E-state index in [0.29, 0.717) is 30.3 Å². The second-order valence-corrected chi connectivity index (χ2v) is 8.90. The van der Waals surface area contributed by atoms with Gasteiger partial charge in [-0.25, -0.2) is 0 Å². The Morgan fingerprint density at radius 3 is 2.61 bits per heavy atom. The molecule has 1 spiro atoms. The molecule has 1 atom stereocenters. The fourth-order valence-electron chi connectivity index (χ4n) is 5.01. The molecule has 0 fully saturated rings. The fraction of sp³-hybridized carbons (Fsp3) is 0.269. The minimum absolute atomic E-state index is 0.0485. The summed E-state index contributed by atoms with van der Waals surface area (Å²) in [4.78, 5) is 15.8. The highest BCUT2D eigenvalue weighted by Crippen LogP contribution is 2.54. The first-order valence-corrected chi connectivity index (χ1v) is 11.5. The molecule has 0 bridgehead atoms. The summed E-state index contributed by atoms with van der Waals surface area (Å²) in [6.45, 7) is 2.55. The first kappa shape index (κ1) is 20.4. The van der Waals surface area contributed by atoms with Gasteiger partial charge in [-0.3, -0.25) is 4.79 Å². The minimum Gasteiger partial charge on any atom is -0.491 e. The van der Waals surface area contributed by atoms with Crippen molar-refractivity contribution in [1.29, 1.82) is 0 Å². The molecule has 1 amide bonds. The maximum Gasteiger partial charge on any atom is 0.245 e. The van der Waals surface area contributed by atoms with E-state index in [4.69, 9.17) is 25.8 Å². The monoisotopic (exact) mass is 462 g/mol. The maximum atomic E-state index is 13.9. The third kappa shape index (κ3) is 3.16. The number of hydrogen-bond acceptors (Lipinski definition) is 5. The number of carbonyl (C=O) groups is 1. The van der Waals surface area contributed by atoms with Gasteiger partial charge in [-0.05, 0) is 42.3 Å². The van der Waals surface area contributed by atoms with E-state index in [1.807, 2.05) is 65.6 Å². The minimum atomic E-state index is -0.849. The van der Waals surface area contributed by atoms with E-state index in [0.717, 1.165) is 40.4 Å². The van der Waals surface area contributed by atoms with Crippen LogP contribution in [0.1, 0.15) is 23.1 Å². The van der Waals surface area contributed by atoms with Crippen LogP contribution in [0.15, 0.2) is 60.7 Å². The number of ether oxygens (including phenoxy) is 3. The lowest BCUT2D eigenvalue weighted by Gasteiger charge is -2.23. The highest BCUT2D eigenvalue weighted by Gasteiger charge is 2.57. The standard InChI is InChI=1S/C26H23ClN2O4/c27-20-8-3-1-6-17(20)14-28-10-5-11-29-21-9-4-2-7-18(21)26(25(29)30)15-31-22-13-24-23(12-19(22)26)32-16-33-24/h1-4,6-9,12-13,28H,5,10-11,14-16H2. The van der Waals surface area contributed by atoms with Crippen LogP contribution >= 0.6 is 11.6 Å². The van der Waals surface area contributed by atoms with Crippen LogP contribution in [0.4, 0.5) is 5.69 Å². The average molecular weight is 463 g/mol. The number of benzene rings is 3. The number of amides is 1. The van der Waals surface area contributed by atoms with Gasteiger partial charge in [0.1, 0.15) is 17.8 Å². The van der Waals surface area contributed by atoms with Crippen LogP contribution < -0.4 is 24.4 Å². The number of anilines is 1. The molecular weight excluding hydrogens is 440 g/mol. The summed E-state index contributed by atoms with van der Waals surface area (Å²) in [5.41, 5.74) is 3.00. The molecular formula is C26H23ClN2O4. The molecule has 168 valence electrons. The molecule has 6 nitrogen and oxygen atoms in total. The van der Waals surface area contributed by atoms with Crippen LogP contribution in [-0.2, 0) is 16.8 Å². The van der Waals surface area contributed by atoms with Gasteiger partial charge in [0, 0.05) is 35.4 Å². The molecule has 3 aliphatic heterocycles. The van der Waals surface area contributed by atoms with E-state index in [9.17, 15) is 4.79 Å². The maximum absolute atomic E-state index is 13.9. The van der Waals surface area contributed by atoms with E-state index in [1.54, 1.807) is 0 Å². The van der Waals surface area contributed by atoms with Crippen molar-refractivity contribution in [3.8, 4) is 17.2 Å². The number of nitrogens with zero attached hydrogens (tertiary/aromatic N) is 1. The van der Waals surface area contributed by atoms with Gasteiger partial charge in [0.05, 0.1) is 0 Å². The van der Waals surface area contributed by atoms with Crippen molar-refractivity contribution in [1.82, 2.24) is 5.32 Å². The van der Waals surface area contributed by atoms with Gasteiger partial charge in [0.15, 0.2) is 11.5 Å². The zero-order valence-electron chi connectivity index (χ0n) is 18.0. The van der Waals surface area contributed by atoms with Gasteiger partial charge in [0.2, 0.25) is 12.7 Å². The van der Waals surface area contributed by atoms with Crippen molar-refractivity contribution in [2.75, 3.05) is 31.4 Å². The highest BCUT2D eigenvalue weighted by atomic mass is 35.5. The number of nitrogens with one attached hydrogen (secondary N) is 1. The molecule has 0 aromatic heterocycles. The summed E-state index contributed by atoms with van der Waals surface area (Å²) in [6, 6.07) is 19.6. The van der Waals surface area contributed by atoms with Crippen LogP contribution in [0.25, 0.3) is 0 Å². The Bertz CT molecular complexity index is 1250. The number of hydrogen-bond donors (Lipinski definition) is 1. The molecule has 3 aliphatic rings. The molecule has 3 aromatic rings. The van der Waals surface area contributed by atoms with E-state index >= 15 is 0 Å². The summed E-state index contributed by atoms with van der Waals surface area (Å²) in [5.74, 6) is 2.05. The topological polar surface area (TPSA) is 60.0 Å². The Morgan fingerprint density at radius 1 is 0.939 bits per heavy atom. The van der Waals surface area contributed by atoms with Gasteiger partial charge in [-0.15, -0.1) is 0 Å². The molecule has 3 heterocycles. The molecule has 1 unspecified atom stereocenters. The van der Waals surface area contributed by atoms with Gasteiger partial charge in [0.25, 0.3) is 0 Å². The second-order valence-electron chi connectivity index (χ2n) is 8.49. The molecule has 0 saturated heterocycles. The fourth-order valence-corrected chi connectivity index (χ4v) is 5.22. The lowest BCUT2D eigenvalue weighted by molar-refractivity contribution is -0.122. The Balaban J connectivity index is 1.22. The van der Waals surface area contributed by atoms with Gasteiger partial charge >= 0.3 is 0 Å². The molecule has 6 rings (SSSR count). The third-order valence-electron chi connectivity index (χ3n) is 6.65. The van der Waals surface area contributed by atoms with E-state index < -0.39 is 5.41 Å². The van der Waals surface area contributed by atoms with Gasteiger partial charge < -0.3 is 24.4 Å². The zero-order valence-corrected chi connectivity index (χ0v) is 18.7. The number of para-hydroxylation sites is 1. The van der Waals surface area contributed by atoms with E-state index in [2.05, 4.69) is 5.32 Å². The quantitative estimate of drug-likeness (QED) is 0.554. The molecule has 7 heteroatoms. The first-order chi connectivity index (χ1) is 16.2. The number of carbonyl (C=O) groups excluding carboxylic acids is 1. The summed E-state index contributed by atoms with van der Waals surface area (Å²) in [6.07, 6.45) is 0.815. The molecule has 1 N–H and O–H groups in total. The summed E-state index contributed by atoms with van der Waals surface area (Å²) >= 11 is 6.24. The Kier molecular flexibility index (Phi) is 4.93. The van der Waals surface area contributed by atoms with Crippen LogP contribution in [0.3, 0.4) is 0 Å². The predicted octanol–water partition coefficient (Wildman–Crippen LogP) is 4.27. The molecule has 33 heavy (non-hydrogen) atoms. The third-order valence-corrected chi connectivity index (χ3v) is 7.02. The molecule has 3 aromatic carbocycles. The van der Waals surface area contributed by atoms with Crippen LogP contribution in [0.5, 0.6) is 17.2 Å². The van der Waals surface area contributed by atoms with Gasteiger partial charge in [-0.2, -0.15) is 0 Å². The zero-order chi connectivity index (χ0) is 22.4. The largest absolute Gasteiger partial charge is 0.491 e. The van der Waals surface area contributed by atoms with Crippen molar-refractivity contribution in [2.24, 2.45) is 0 Å². The van der Waals surface area contributed by atoms with E-state index in [-0.39, 0.29) is 19.3 Å². The van der Waals surface area contributed by atoms with Crippen LogP contribution in [0.2, 0.25) is 5.02 Å². The first-order valence-electron chi connectivity index (χ1n) is 11.1. The van der Waals surface area contributed by atoms with E-state index in [1.165, 1.54) is 0 Å². The lowest BCUT2D eigenvalue weighted by Crippen LogP contribution is -2.43. The second kappa shape index (κ2) is 7.97. The highest BCUT2D eigenvalue weighted by molar-refractivity contribution is 6.31. The molecule has 0 radical (unpaired) electrons. The summed E-state index contributed by atoms with van der Waals surface area (Å²) in [5, 5.41) is 4.19. The van der Waals surface area contributed by atoms with Crippen molar-refractivity contribution in [3.05, 3.63) is 82.4 Å². The summed E-state index contributed by atoms with van der Waals surface area (Å²) < 4.78 is 17.1. The Morgan fingerprint density at radius 2 is 1.73 bits per heavy atom. The van der Waals surface area contributed by atoms with Crippen LogP contribution in [-0.4, -0.2) is 32.4 Å². The van der Waals surface area contributed by atoms with Crippen molar-refractivity contribution < 1.29 is 19.0 Å². The van der Waals surface area contributed by atoms with Gasteiger partial charge in [-0.1, -0.05) is 48.0 Å². The molecule has 0 saturated carbocycles. The van der Waals surface area contributed by atoms with Crippen LogP contribution in [0, 0.1) is 0 Å². The van der Waals surface area contributed by atoms with Crippen molar-refractivity contribution >= 4 is 23.2 Å². The number of fused-ring (bicyclic) bond motifs is 5. The Labute approximate surface area is 197 Å². The number of rotatable bonds is 6. The molecule has 0 aliphatic carbocycles. The predicted molar refractivity (Wildman–Crippen MR) is 125 cm³/mol. The lowest BCUT2D eigenvalue weighted by atomic mass is 9.77. The SMILES string of the molecule is O=C1N(CCCNCc2ccccc2Cl)c2ccccc2C12COc1cc3c(cc12)OCO3. The number of halogens is 1. The van der Waals surface area contributed by atoms with Crippen molar-refractivity contribution in [2.45, 2.75) is 18.4 Å². The average Bonchev–Trinajstić information content (AvgIpc) is 3.51. The smallest absolute Gasteiger partial charge is 0.245 e. The van der Waals surface area contributed by atoms with Crippen molar-refractivity contribution in [3.63, 3.8) is 0 Å². The normalized spacial score (nSPS) is 19.7. The summed E-state index contributed by atoms with van der Waals surface area (Å²) in [7, 11) is 0.